The van der Waals surface area contributed by atoms with Gasteiger partial charge in [-0.05, 0) is 42.3 Å². The van der Waals surface area contributed by atoms with Gasteiger partial charge in [0.25, 0.3) is 5.91 Å². The number of carbonyl (C=O) groups excluding carboxylic acids is 1. The summed E-state index contributed by atoms with van der Waals surface area (Å²) < 4.78 is 39.1. The average molecular weight is 438 g/mol. The van der Waals surface area contributed by atoms with E-state index in [2.05, 4.69) is 26.6 Å². The van der Waals surface area contributed by atoms with E-state index in [1.165, 1.54) is 18.3 Å². The molecule has 2 aromatic carbocycles. The highest BCUT2D eigenvalue weighted by Crippen LogP contribution is 2.30. The van der Waals surface area contributed by atoms with Crippen LogP contribution >= 0.6 is 15.9 Å². The highest BCUT2D eigenvalue weighted by molar-refractivity contribution is 9.10. The highest BCUT2D eigenvalue weighted by Gasteiger charge is 2.30. The van der Waals surface area contributed by atoms with Crippen molar-refractivity contribution >= 4 is 27.5 Å². The maximum absolute atomic E-state index is 12.7. The number of nitrogens with zero attached hydrogens (tertiary/aromatic N) is 1. The fraction of sp³-hybridized carbons (Fsp3) is 0.158. The summed E-state index contributed by atoms with van der Waals surface area (Å²) in [5, 5.41) is 14.3. The molecule has 0 fully saturated rings. The zero-order chi connectivity index (χ0) is 19.9. The molecular weight excluding hydrogens is 423 g/mol. The molecule has 140 valence electrons. The van der Waals surface area contributed by atoms with Crippen molar-refractivity contribution in [2.45, 2.75) is 12.6 Å². The van der Waals surface area contributed by atoms with Gasteiger partial charge < -0.3 is 10.6 Å². The standard InChI is InChI=1S/C19H15BrF3N3O/c20-16-5-1-3-13(9-16)7-8-25-12-14(11-24)18(27)26-17-6-2-4-15(10-17)19(21,22)23/h1-6,9-10,12,25H,7-8H2,(H,26,27)/b14-12-. The van der Waals surface area contributed by atoms with Crippen molar-refractivity contribution in [3.05, 3.63) is 75.9 Å². The Balaban J connectivity index is 1.95. The SMILES string of the molecule is N#C/C(=C/NCCc1cccc(Br)c1)C(=O)Nc1cccc(C(F)(F)F)c1. The molecule has 0 saturated carbocycles. The molecule has 2 N–H and O–H groups in total. The third-order valence-corrected chi connectivity index (χ3v) is 4.00. The normalized spacial score (nSPS) is 11.6. The zero-order valence-electron chi connectivity index (χ0n) is 14.0. The Morgan fingerprint density at radius 3 is 2.59 bits per heavy atom. The van der Waals surface area contributed by atoms with Gasteiger partial charge in [-0.2, -0.15) is 18.4 Å². The van der Waals surface area contributed by atoms with Gasteiger partial charge in [0.1, 0.15) is 11.6 Å². The predicted molar refractivity (Wildman–Crippen MR) is 99.6 cm³/mol. The maximum atomic E-state index is 12.7. The fourth-order valence-electron chi connectivity index (χ4n) is 2.20. The Labute approximate surface area is 162 Å². The van der Waals surface area contributed by atoms with Gasteiger partial charge in [0, 0.05) is 22.9 Å². The van der Waals surface area contributed by atoms with Crippen molar-refractivity contribution in [1.82, 2.24) is 5.32 Å². The largest absolute Gasteiger partial charge is 0.416 e. The number of hydrogen-bond acceptors (Lipinski definition) is 3. The number of amides is 1. The topological polar surface area (TPSA) is 64.9 Å². The van der Waals surface area contributed by atoms with Gasteiger partial charge in [-0.1, -0.05) is 34.1 Å². The molecule has 0 saturated heterocycles. The smallest absolute Gasteiger partial charge is 0.389 e. The number of benzene rings is 2. The molecule has 0 atom stereocenters. The van der Waals surface area contributed by atoms with E-state index in [0.29, 0.717) is 13.0 Å². The van der Waals surface area contributed by atoms with E-state index >= 15 is 0 Å². The number of anilines is 1. The Kier molecular flexibility index (Phi) is 7.02. The first-order valence-electron chi connectivity index (χ1n) is 7.86. The van der Waals surface area contributed by atoms with Crippen LogP contribution in [-0.2, 0) is 17.4 Å². The third-order valence-electron chi connectivity index (χ3n) is 3.51. The van der Waals surface area contributed by atoms with Gasteiger partial charge in [-0.3, -0.25) is 4.79 Å². The van der Waals surface area contributed by atoms with Gasteiger partial charge in [-0.25, -0.2) is 0 Å². The molecule has 2 aromatic rings. The zero-order valence-corrected chi connectivity index (χ0v) is 15.6. The number of alkyl halides is 3. The third kappa shape index (κ3) is 6.46. The molecule has 8 heteroatoms. The number of carbonyl (C=O) groups is 1. The van der Waals surface area contributed by atoms with Gasteiger partial charge in [0.2, 0.25) is 0 Å². The van der Waals surface area contributed by atoms with E-state index in [1.54, 1.807) is 6.07 Å². The van der Waals surface area contributed by atoms with E-state index in [1.807, 2.05) is 24.3 Å². The van der Waals surface area contributed by atoms with E-state index in [9.17, 15) is 18.0 Å². The van der Waals surface area contributed by atoms with Gasteiger partial charge in [0.05, 0.1) is 5.56 Å². The molecule has 0 aliphatic rings. The van der Waals surface area contributed by atoms with Crippen molar-refractivity contribution in [3.8, 4) is 6.07 Å². The summed E-state index contributed by atoms with van der Waals surface area (Å²) in [6, 6.07) is 13.7. The summed E-state index contributed by atoms with van der Waals surface area (Å²) >= 11 is 3.37. The lowest BCUT2D eigenvalue weighted by Gasteiger charge is -2.09. The predicted octanol–water partition coefficient (Wildman–Crippen LogP) is 4.65. The molecule has 0 bridgehead atoms. The number of nitriles is 1. The van der Waals surface area contributed by atoms with Crippen molar-refractivity contribution in [2.75, 3.05) is 11.9 Å². The molecule has 0 heterocycles. The first-order valence-corrected chi connectivity index (χ1v) is 8.65. The summed E-state index contributed by atoms with van der Waals surface area (Å²) in [4.78, 5) is 12.1. The minimum absolute atomic E-state index is 0.0369. The summed E-state index contributed by atoms with van der Waals surface area (Å²) in [5.41, 5.74) is -0.0844. The quantitative estimate of drug-likeness (QED) is 0.392. The highest BCUT2D eigenvalue weighted by atomic mass is 79.9. The van der Waals surface area contributed by atoms with E-state index in [0.717, 1.165) is 22.2 Å². The summed E-state index contributed by atoms with van der Waals surface area (Å²) in [5.74, 6) is -0.785. The summed E-state index contributed by atoms with van der Waals surface area (Å²) in [6.45, 7) is 0.485. The van der Waals surface area contributed by atoms with E-state index < -0.39 is 17.6 Å². The molecule has 0 aromatic heterocycles. The van der Waals surface area contributed by atoms with Gasteiger partial charge in [0.15, 0.2) is 0 Å². The minimum Gasteiger partial charge on any atom is -0.389 e. The number of nitrogens with one attached hydrogen (secondary N) is 2. The molecule has 2 rings (SSSR count). The Morgan fingerprint density at radius 2 is 1.93 bits per heavy atom. The van der Waals surface area contributed by atoms with Crippen LogP contribution in [0.3, 0.4) is 0 Å². The lowest BCUT2D eigenvalue weighted by molar-refractivity contribution is -0.137. The van der Waals surface area contributed by atoms with Crippen molar-refractivity contribution in [3.63, 3.8) is 0 Å². The number of rotatable bonds is 6. The number of hydrogen-bond donors (Lipinski definition) is 2. The lowest BCUT2D eigenvalue weighted by Crippen LogP contribution is -2.18. The van der Waals surface area contributed by atoms with Crippen LogP contribution in [0.1, 0.15) is 11.1 Å². The number of halogens is 4. The molecule has 0 unspecified atom stereocenters. The maximum Gasteiger partial charge on any atom is 0.416 e. The van der Waals surface area contributed by atoms with Crippen molar-refractivity contribution in [1.29, 1.82) is 5.26 Å². The molecule has 0 radical (unpaired) electrons. The molecule has 0 spiro atoms. The van der Waals surface area contributed by atoms with Gasteiger partial charge >= 0.3 is 6.18 Å². The Hall–Kier alpha value is -2.79. The molecular formula is C19H15BrF3N3O. The molecule has 27 heavy (non-hydrogen) atoms. The monoisotopic (exact) mass is 437 g/mol. The van der Waals surface area contributed by atoms with Crippen LogP contribution in [0.4, 0.5) is 18.9 Å². The minimum atomic E-state index is -4.51. The van der Waals surface area contributed by atoms with Crippen molar-refractivity contribution in [2.24, 2.45) is 0 Å². The van der Waals surface area contributed by atoms with Crippen molar-refractivity contribution < 1.29 is 18.0 Å². The van der Waals surface area contributed by atoms with E-state index in [-0.39, 0.29) is 11.3 Å². The molecule has 0 aliphatic carbocycles. The lowest BCUT2D eigenvalue weighted by atomic mass is 10.1. The second-order valence-electron chi connectivity index (χ2n) is 5.54. The fourth-order valence-corrected chi connectivity index (χ4v) is 2.65. The van der Waals surface area contributed by atoms with Crippen LogP contribution in [-0.4, -0.2) is 12.5 Å². The first-order chi connectivity index (χ1) is 12.8. The van der Waals surface area contributed by atoms with Crippen LogP contribution in [0.15, 0.2) is 64.8 Å². The molecule has 1 amide bonds. The summed E-state index contributed by atoms with van der Waals surface area (Å²) in [7, 11) is 0. The van der Waals surface area contributed by atoms with Crippen LogP contribution in [0.25, 0.3) is 0 Å². The molecule has 0 aliphatic heterocycles. The second kappa shape index (κ2) is 9.24. The summed E-state index contributed by atoms with van der Waals surface area (Å²) in [6.07, 6.45) is -2.59. The van der Waals surface area contributed by atoms with Gasteiger partial charge in [-0.15, -0.1) is 0 Å². The average Bonchev–Trinajstić information content (AvgIpc) is 2.61. The van der Waals surface area contributed by atoms with Crippen LogP contribution < -0.4 is 10.6 Å². The first kappa shape index (κ1) is 20.5. The molecule has 4 nitrogen and oxygen atoms in total. The Bertz CT molecular complexity index is 888. The second-order valence-corrected chi connectivity index (χ2v) is 6.45. The van der Waals surface area contributed by atoms with Crippen LogP contribution in [0.5, 0.6) is 0 Å². The Morgan fingerprint density at radius 1 is 1.19 bits per heavy atom. The van der Waals surface area contributed by atoms with Crippen LogP contribution in [0.2, 0.25) is 0 Å². The van der Waals surface area contributed by atoms with Crippen LogP contribution in [0, 0.1) is 11.3 Å². The van der Waals surface area contributed by atoms with E-state index in [4.69, 9.17) is 5.26 Å².